The number of aryl methyl sites for hydroxylation is 1. The predicted octanol–water partition coefficient (Wildman–Crippen LogP) is 4.92. The predicted molar refractivity (Wildman–Crippen MR) is 143 cm³/mol. The Kier molecular flexibility index (Phi) is 7.20. The minimum absolute atomic E-state index is 0.165. The minimum Gasteiger partial charge on any atom is -0.358 e. The molecule has 0 saturated heterocycles. The largest absolute Gasteiger partial charge is 0.358 e. The molecular weight excluding hydrogens is 452 g/mol. The molecule has 7 nitrogen and oxygen atoms in total. The van der Waals surface area contributed by atoms with Crippen molar-refractivity contribution >= 4 is 35.1 Å². The molecule has 0 bridgehead atoms. The zero-order valence-electron chi connectivity index (χ0n) is 20.7. The maximum Gasteiger partial charge on any atom is 0.256 e. The summed E-state index contributed by atoms with van der Waals surface area (Å²) < 4.78 is 0. The van der Waals surface area contributed by atoms with E-state index in [1.165, 1.54) is 0 Å². The molecule has 1 atom stereocenters. The summed E-state index contributed by atoms with van der Waals surface area (Å²) in [5.74, 6) is -0.655. The molecule has 0 fully saturated rings. The van der Waals surface area contributed by atoms with Gasteiger partial charge in [0.2, 0.25) is 0 Å². The maximum atomic E-state index is 13.0. The molecule has 3 amide bonds. The van der Waals surface area contributed by atoms with Crippen LogP contribution in [0, 0.1) is 13.8 Å². The normalized spacial score (nSPS) is 14.2. The number of hydrogen-bond donors (Lipinski definition) is 4. The standard InChI is InChI=1S/C29H30N4O3/c1-5-6-14-30-29(36)26-17(2)25(31-19(26)4)16-23-22-15-21(12-13-24(22)33-28(23)35)27(34)32-18(3)20-10-8-7-9-11-20/h5,7-13,15-16,18,31H,1,6,14H2,2-4H3,(H,30,36)(H,32,34)(H,33,35)/b23-16-. The van der Waals surface area contributed by atoms with Gasteiger partial charge in [-0.15, -0.1) is 6.58 Å². The summed E-state index contributed by atoms with van der Waals surface area (Å²) in [6.07, 6.45) is 4.17. The number of carbonyl (C=O) groups excluding carboxylic acids is 3. The van der Waals surface area contributed by atoms with Crippen LogP contribution >= 0.6 is 0 Å². The second kappa shape index (κ2) is 10.5. The second-order valence-corrected chi connectivity index (χ2v) is 8.88. The van der Waals surface area contributed by atoms with E-state index in [0.717, 1.165) is 16.8 Å². The van der Waals surface area contributed by atoms with Gasteiger partial charge in [0, 0.05) is 34.7 Å². The molecule has 4 rings (SSSR count). The van der Waals surface area contributed by atoms with Crippen LogP contribution in [0.1, 0.15) is 68.2 Å². The van der Waals surface area contributed by atoms with Crippen molar-refractivity contribution in [3.63, 3.8) is 0 Å². The third kappa shape index (κ3) is 5.00. The Morgan fingerprint density at radius 3 is 2.56 bits per heavy atom. The highest BCUT2D eigenvalue weighted by Gasteiger charge is 2.27. The molecule has 2 heterocycles. The van der Waals surface area contributed by atoms with Crippen LogP contribution in [0.4, 0.5) is 5.69 Å². The summed E-state index contributed by atoms with van der Waals surface area (Å²) in [5.41, 5.74) is 5.89. The van der Waals surface area contributed by atoms with Crippen molar-refractivity contribution in [2.24, 2.45) is 0 Å². The van der Waals surface area contributed by atoms with Gasteiger partial charge in [-0.3, -0.25) is 14.4 Å². The SMILES string of the molecule is C=CCCNC(=O)c1c(C)[nH]c(/C=C2\C(=O)Nc3ccc(C(=O)NC(C)c4ccccc4)cc32)c1C. The number of aromatic nitrogens is 1. The van der Waals surface area contributed by atoms with Crippen molar-refractivity contribution in [2.45, 2.75) is 33.2 Å². The Bertz CT molecular complexity index is 1370. The Morgan fingerprint density at radius 2 is 1.83 bits per heavy atom. The van der Waals surface area contributed by atoms with E-state index in [2.05, 4.69) is 27.5 Å². The first-order valence-corrected chi connectivity index (χ1v) is 11.9. The highest BCUT2D eigenvalue weighted by atomic mass is 16.2. The van der Waals surface area contributed by atoms with Crippen molar-refractivity contribution in [3.8, 4) is 0 Å². The van der Waals surface area contributed by atoms with Crippen LogP contribution in [-0.2, 0) is 4.79 Å². The maximum absolute atomic E-state index is 13.0. The summed E-state index contributed by atoms with van der Waals surface area (Å²) in [5, 5.41) is 8.75. The van der Waals surface area contributed by atoms with Crippen LogP contribution in [0.15, 0.2) is 61.2 Å². The molecule has 1 aromatic heterocycles. The molecule has 1 unspecified atom stereocenters. The van der Waals surface area contributed by atoms with E-state index in [9.17, 15) is 14.4 Å². The number of anilines is 1. The Labute approximate surface area is 210 Å². The van der Waals surface area contributed by atoms with Gasteiger partial charge in [-0.1, -0.05) is 36.4 Å². The summed E-state index contributed by atoms with van der Waals surface area (Å²) in [7, 11) is 0. The van der Waals surface area contributed by atoms with Crippen molar-refractivity contribution in [1.82, 2.24) is 15.6 Å². The van der Waals surface area contributed by atoms with Gasteiger partial charge in [0.15, 0.2) is 0 Å². The number of aromatic amines is 1. The molecule has 2 aromatic carbocycles. The average Bonchev–Trinajstić information content (AvgIpc) is 3.33. The summed E-state index contributed by atoms with van der Waals surface area (Å²) >= 11 is 0. The first-order valence-electron chi connectivity index (χ1n) is 11.9. The highest BCUT2D eigenvalue weighted by Crippen LogP contribution is 2.35. The van der Waals surface area contributed by atoms with Crippen LogP contribution in [0.5, 0.6) is 0 Å². The lowest BCUT2D eigenvalue weighted by molar-refractivity contribution is -0.110. The monoisotopic (exact) mass is 482 g/mol. The van der Waals surface area contributed by atoms with Crippen molar-refractivity contribution in [2.75, 3.05) is 11.9 Å². The summed E-state index contributed by atoms with van der Waals surface area (Å²) in [4.78, 5) is 41.7. The van der Waals surface area contributed by atoms with Crippen LogP contribution < -0.4 is 16.0 Å². The first-order chi connectivity index (χ1) is 17.3. The minimum atomic E-state index is -0.260. The van der Waals surface area contributed by atoms with E-state index in [-0.39, 0.29) is 23.8 Å². The van der Waals surface area contributed by atoms with E-state index in [1.807, 2.05) is 51.1 Å². The first kappa shape index (κ1) is 24.7. The number of nitrogens with one attached hydrogen (secondary N) is 4. The number of rotatable bonds is 8. The van der Waals surface area contributed by atoms with Crippen LogP contribution in [0.25, 0.3) is 11.6 Å². The van der Waals surface area contributed by atoms with E-state index in [4.69, 9.17) is 0 Å². The van der Waals surface area contributed by atoms with Gasteiger partial charge in [-0.05, 0) is 62.6 Å². The Hall–Kier alpha value is -4.39. The van der Waals surface area contributed by atoms with E-state index in [1.54, 1.807) is 30.4 Å². The molecule has 0 spiro atoms. The molecule has 1 aliphatic heterocycles. The van der Waals surface area contributed by atoms with Crippen molar-refractivity contribution in [3.05, 3.63) is 100 Å². The lowest BCUT2D eigenvalue weighted by Crippen LogP contribution is -2.26. The average molecular weight is 483 g/mol. The third-order valence-electron chi connectivity index (χ3n) is 6.34. The Morgan fingerprint density at radius 1 is 1.08 bits per heavy atom. The quantitative estimate of drug-likeness (QED) is 0.208. The van der Waals surface area contributed by atoms with Gasteiger partial charge in [-0.25, -0.2) is 0 Å². The number of hydrogen-bond acceptors (Lipinski definition) is 3. The van der Waals surface area contributed by atoms with Crippen LogP contribution in [-0.4, -0.2) is 29.3 Å². The van der Waals surface area contributed by atoms with Gasteiger partial charge in [0.25, 0.3) is 17.7 Å². The molecule has 4 N–H and O–H groups in total. The van der Waals surface area contributed by atoms with E-state index in [0.29, 0.717) is 46.6 Å². The lowest BCUT2D eigenvalue weighted by atomic mass is 10.0. The fourth-order valence-corrected chi connectivity index (χ4v) is 4.36. The van der Waals surface area contributed by atoms with E-state index < -0.39 is 0 Å². The molecule has 0 radical (unpaired) electrons. The van der Waals surface area contributed by atoms with E-state index >= 15 is 0 Å². The molecular formula is C29H30N4O3. The number of amides is 3. The number of fused-ring (bicyclic) bond motifs is 1. The topological polar surface area (TPSA) is 103 Å². The second-order valence-electron chi connectivity index (χ2n) is 8.88. The third-order valence-corrected chi connectivity index (χ3v) is 6.34. The number of benzene rings is 2. The lowest BCUT2D eigenvalue weighted by Gasteiger charge is -2.14. The van der Waals surface area contributed by atoms with Gasteiger partial charge in [0.1, 0.15) is 0 Å². The number of carbonyl (C=O) groups is 3. The molecule has 7 heteroatoms. The van der Waals surface area contributed by atoms with Gasteiger partial charge in [-0.2, -0.15) is 0 Å². The zero-order valence-corrected chi connectivity index (χ0v) is 20.7. The van der Waals surface area contributed by atoms with Crippen LogP contribution in [0.2, 0.25) is 0 Å². The fraction of sp³-hybridized carbons (Fsp3) is 0.207. The molecule has 3 aromatic rings. The van der Waals surface area contributed by atoms with Crippen LogP contribution in [0.3, 0.4) is 0 Å². The highest BCUT2D eigenvalue weighted by molar-refractivity contribution is 6.35. The summed E-state index contributed by atoms with van der Waals surface area (Å²) in [6, 6.07) is 14.7. The molecule has 184 valence electrons. The van der Waals surface area contributed by atoms with Crippen molar-refractivity contribution < 1.29 is 14.4 Å². The van der Waals surface area contributed by atoms with Gasteiger partial charge in [0.05, 0.1) is 17.2 Å². The molecule has 0 aliphatic carbocycles. The molecule has 36 heavy (non-hydrogen) atoms. The Balaban J connectivity index is 1.60. The number of H-pyrrole nitrogens is 1. The molecule has 0 saturated carbocycles. The molecule has 1 aliphatic rings. The summed E-state index contributed by atoms with van der Waals surface area (Å²) in [6.45, 7) is 9.78. The van der Waals surface area contributed by atoms with Gasteiger partial charge >= 0.3 is 0 Å². The fourth-order valence-electron chi connectivity index (χ4n) is 4.36. The van der Waals surface area contributed by atoms with Gasteiger partial charge < -0.3 is 20.9 Å². The van der Waals surface area contributed by atoms with Crippen molar-refractivity contribution in [1.29, 1.82) is 0 Å². The zero-order chi connectivity index (χ0) is 25.8. The smallest absolute Gasteiger partial charge is 0.256 e.